The van der Waals surface area contributed by atoms with Crippen LogP contribution in [0.2, 0.25) is 0 Å². The largest absolute Gasteiger partial charge is 0.465 e. The fraction of sp³-hybridized carbons (Fsp3) is 0.526. The average molecular weight is 344 g/mol. The average Bonchev–Trinajstić information content (AvgIpc) is 3.04. The van der Waals surface area contributed by atoms with E-state index >= 15 is 0 Å². The quantitative estimate of drug-likeness (QED) is 0.852. The van der Waals surface area contributed by atoms with E-state index in [2.05, 4.69) is 10.1 Å². The number of amides is 2. The van der Waals surface area contributed by atoms with Gasteiger partial charge in [-0.05, 0) is 37.1 Å². The molecule has 1 aromatic rings. The number of nitrogens with zero attached hydrogens (tertiary/aromatic N) is 1. The molecule has 1 saturated carbocycles. The van der Waals surface area contributed by atoms with E-state index in [1.807, 2.05) is 4.90 Å². The van der Waals surface area contributed by atoms with E-state index in [4.69, 9.17) is 0 Å². The van der Waals surface area contributed by atoms with Gasteiger partial charge in [0.25, 0.3) is 0 Å². The zero-order valence-corrected chi connectivity index (χ0v) is 14.5. The number of rotatable bonds is 4. The van der Waals surface area contributed by atoms with Gasteiger partial charge in [0.1, 0.15) is 0 Å². The molecule has 0 unspecified atom stereocenters. The standard InChI is InChI=1S/C19H24N2O4/c1-25-19(24)13-7-9-15(10-8-13)20-18(23)14-11-17(22)21(12-14)16-5-3-2-4-6-16/h7-10,14,16H,2-6,11-12H2,1H3,(H,20,23)/t14-/m1/s1. The van der Waals surface area contributed by atoms with Crippen LogP contribution < -0.4 is 5.32 Å². The van der Waals surface area contributed by atoms with Crippen LogP contribution in [-0.2, 0) is 14.3 Å². The van der Waals surface area contributed by atoms with Gasteiger partial charge in [-0.15, -0.1) is 0 Å². The van der Waals surface area contributed by atoms with Crippen LogP contribution in [0.25, 0.3) is 0 Å². The van der Waals surface area contributed by atoms with Crippen molar-refractivity contribution in [2.75, 3.05) is 19.0 Å². The summed E-state index contributed by atoms with van der Waals surface area (Å²) in [5.74, 6) is -0.775. The smallest absolute Gasteiger partial charge is 0.337 e. The van der Waals surface area contributed by atoms with Crippen molar-refractivity contribution < 1.29 is 19.1 Å². The van der Waals surface area contributed by atoms with E-state index in [1.54, 1.807) is 24.3 Å². The summed E-state index contributed by atoms with van der Waals surface area (Å²) in [6.45, 7) is 0.510. The third-order valence-electron chi connectivity index (χ3n) is 5.12. The Balaban J connectivity index is 1.58. The lowest BCUT2D eigenvalue weighted by molar-refractivity contribution is -0.130. The number of carbonyl (C=O) groups is 3. The van der Waals surface area contributed by atoms with Crippen LogP contribution in [-0.4, -0.2) is 42.4 Å². The van der Waals surface area contributed by atoms with Gasteiger partial charge in [-0.3, -0.25) is 9.59 Å². The maximum Gasteiger partial charge on any atom is 0.337 e. The highest BCUT2D eigenvalue weighted by atomic mass is 16.5. The molecule has 1 N–H and O–H groups in total. The number of esters is 1. The Hall–Kier alpha value is -2.37. The number of likely N-dealkylation sites (tertiary alicyclic amines) is 1. The Morgan fingerprint density at radius 1 is 1.12 bits per heavy atom. The summed E-state index contributed by atoms with van der Waals surface area (Å²) in [6.07, 6.45) is 5.95. The summed E-state index contributed by atoms with van der Waals surface area (Å²) >= 11 is 0. The third kappa shape index (κ3) is 4.00. The molecule has 1 heterocycles. The molecule has 0 aromatic heterocycles. The second-order valence-electron chi connectivity index (χ2n) is 6.80. The first-order chi connectivity index (χ1) is 12.1. The molecule has 1 aliphatic heterocycles. The number of nitrogens with one attached hydrogen (secondary N) is 1. The van der Waals surface area contributed by atoms with Gasteiger partial charge in [0.2, 0.25) is 11.8 Å². The maximum atomic E-state index is 12.5. The molecule has 2 amide bonds. The van der Waals surface area contributed by atoms with Gasteiger partial charge in [0.05, 0.1) is 18.6 Å². The normalized spacial score (nSPS) is 21.2. The van der Waals surface area contributed by atoms with Gasteiger partial charge in [-0.1, -0.05) is 19.3 Å². The van der Waals surface area contributed by atoms with Crippen molar-refractivity contribution in [1.82, 2.24) is 4.90 Å². The molecule has 3 rings (SSSR count). The highest BCUT2D eigenvalue weighted by Gasteiger charge is 2.38. The van der Waals surface area contributed by atoms with E-state index in [0.717, 1.165) is 25.7 Å². The van der Waals surface area contributed by atoms with Gasteiger partial charge in [-0.25, -0.2) is 4.79 Å². The molecule has 1 aromatic carbocycles. The van der Waals surface area contributed by atoms with Crippen molar-refractivity contribution in [2.45, 2.75) is 44.6 Å². The molecule has 6 heteroatoms. The molecule has 25 heavy (non-hydrogen) atoms. The molecule has 134 valence electrons. The van der Waals surface area contributed by atoms with Crippen LogP contribution in [0.3, 0.4) is 0 Å². The molecule has 0 bridgehead atoms. The third-order valence-corrected chi connectivity index (χ3v) is 5.12. The Labute approximate surface area is 147 Å². The van der Waals surface area contributed by atoms with Crippen molar-refractivity contribution in [3.05, 3.63) is 29.8 Å². The van der Waals surface area contributed by atoms with E-state index in [-0.39, 0.29) is 24.2 Å². The fourth-order valence-corrected chi connectivity index (χ4v) is 3.70. The monoisotopic (exact) mass is 344 g/mol. The van der Waals surface area contributed by atoms with Gasteiger partial charge in [-0.2, -0.15) is 0 Å². The van der Waals surface area contributed by atoms with Gasteiger partial charge >= 0.3 is 5.97 Å². The highest BCUT2D eigenvalue weighted by Crippen LogP contribution is 2.29. The van der Waals surface area contributed by atoms with Crippen LogP contribution >= 0.6 is 0 Å². The van der Waals surface area contributed by atoms with E-state index in [0.29, 0.717) is 23.8 Å². The Bertz CT molecular complexity index is 650. The second kappa shape index (κ2) is 7.68. The Morgan fingerprint density at radius 3 is 2.44 bits per heavy atom. The highest BCUT2D eigenvalue weighted by molar-refractivity contribution is 5.97. The summed E-state index contributed by atoms with van der Waals surface area (Å²) in [5, 5.41) is 2.84. The van der Waals surface area contributed by atoms with Crippen molar-refractivity contribution in [3.63, 3.8) is 0 Å². The molecular weight excluding hydrogens is 320 g/mol. The Kier molecular flexibility index (Phi) is 5.36. The first-order valence-corrected chi connectivity index (χ1v) is 8.87. The van der Waals surface area contributed by atoms with E-state index < -0.39 is 5.97 Å². The van der Waals surface area contributed by atoms with Crippen LogP contribution in [0.15, 0.2) is 24.3 Å². The molecule has 1 aliphatic carbocycles. The topological polar surface area (TPSA) is 75.7 Å². The fourth-order valence-electron chi connectivity index (χ4n) is 3.70. The first kappa shape index (κ1) is 17.5. The molecule has 1 saturated heterocycles. The van der Waals surface area contributed by atoms with Crippen molar-refractivity contribution in [2.24, 2.45) is 5.92 Å². The number of methoxy groups -OCH3 is 1. The molecular formula is C19H24N2O4. The van der Waals surface area contributed by atoms with Gasteiger partial charge < -0.3 is 15.0 Å². The van der Waals surface area contributed by atoms with Crippen molar-refractivity contribution in [3.8, 4) is 0 Å². The van der Waals surface area contributed by atoms with Gasteiger partial charge in [0, 0.05) is 24.7 Å². The molecule has 2 fully saturated rings. The predicted molar refractivity (Wildman–Crippen MR) is 93.1 cm³/mol. The summed E-state index contributed by atoms with van der Waals surface area (Å²) in [6, 6.07) is 6.85. The molecule has 2 aliphatic rings. The molecule has 6 nitrogen and oxygen atoms in total. The number of benzene rings is 1. The zero-order chi connectivity index (χ0) is 17.8. The summed E-state index contributed by atoms with van der Waals surface area (Å²) in [7, 11) is 1.33. The lowest BCUT2D eigenvalue weighted by Crippen LogP contribution is -2.38. The van der Waals surface area contributed by atoms with Crippen LogP contribution in [0.1, 0.15) is 48.9 Å². The lowest BCUT2D eigenvalue weighted by Gasteiger charge is -2.31. The predicted octanol–water partition coefficient (Wildman–Crippen LogP) is 2.59. The van der Waals surface area contributed by atoms with E-state index in [9.17, 15) is 14.4 Å². The Morgan fingerprint density at radius 2 is 1.80 bits per heavy atom. The molecule has 0 spiro atoms. The number of carbonyl (C=O) groups excluding carboxylic acids is 3. The van der Waals surface area contributed by atoms with Crippen molar-refractivity contribution >= 4 is 23.5 Å². The minimum absolute atomic E-state index is 0.0908. The molecule has 0 radical (unpaired) electrons. The SMILES string of the molecule is COC(=O)c1ccc(NC(=O)[C@@H]2CC(=O)N(C3CCCCC3)C2)cc1. The number of ether oxygens (including phenoxy) is 1. The van der Waals surface area contributed by atoms with Crippen molar-refractivity contribution in [1.29, 1.82) is 0 Å². The number of anilines is 1. The van der Waals surface area contributed by atoms with E-state index in [1.165, 1.54) is 13.5 Å². The summed E-state index contributed by atoms with van der Waals surface area (Å²) < 4.78 is 4.65. The lowest BCUT2D eigenvalue weighted by atomic mass is 9.94. The van der Waals surface area contributed by atoms with Gasteiger partial charge in [0.15, 0.2) is 0 Å². The summed E-state index contributed by atoms with van der Waals surface area (Å²) in [5.41, 5.74) is 1.04. The first-order valence-electron chi connectivity index (χ1n) is 8.87. The second-order valence-corrected chi connectivity index (χ2v) is 6.80. The van der Waals surface area contributed by atoms with Crippen LogP contribution in [0, 0.1) is 5.92 Å². The minimum Gasteiger partial charge on any atom is -0.465 e. The molecule has 1 atom stereocenters. The maximum absolute atomic E-state index is 12.5. The zero-order valence-electron chi connectivity index (χ0n) is 14.5. The van der Waals surface area contributed by atoms with Crippen LogP contribution in [0.4, 0.5) is 5.69 Å². The number of hydrogen-bond donors (Lipinski definition) is 1. The summed E-state index contributed by atoms with van der Waals surface area (Å²) in [4.78, 5) is 38.1. The number of hydrogen-bond acceptors (Lipinski definition) is 4. The van der Waals surface area contributed by atoms with Crippen LogP contribution in [0.5, 0.6) is 0 Å². The minimum atomic E-state index is -0.414.